The van der Waals surface area contributed by atoms with Crippen molar-refractivity contribution < 1.29 is 13.2 Å². The maximum atomic E-state index is 13.0. The van der Waals surface area contributed by atoms with Gasteiger partial charge in [0.05, 0.1) is 4.90 Å². The molecule has 0 N–H and O–H groups in total. The quantitative estimate of drug-likeness (QED) is 0.625. The van der Waals surface area contributed by atoms with Crippen LogP contribution in [-0.2, 0) is 10.0 Å². The molecule has 0 bridgehead atoms. The number of ether oxygens (including phenoxy) is 1. The fourth-order valence-corrected chi connectivity index (χ4v) is 4.83. The summed E-state index contributed by atoms with van der Waals surface area (Å²) in [5, 5.41) is 0.850. The average Bonchev–Trinajstić information content (AvgIpc) is 3.32. The van der Waals surface area contributed by atoms with E-state index in [1.54, 1.807) is 36.5 Å². The molecule has 0 atom stereocenters. The van der Waals surface area contributed by atoms with Crippen molar-refractivity contribution in [2.75, 3.05) is 26.2 Å². The van der Waals surface area contributed by atoms with Crippen molar-refractivity contribution in [3.63, 3.8) is 0 Å². The summed E-state index contributed by atoms with van der Waals surface area (Å²) < 4.78 is 33.4. The molecule has 0 unspecified atom stereocenters. The molecular weight excluding hydrogens is 384 g/mol. The Hall–Kier alpha value is -2.02. The molecule has 7 heteroatoms. The number of benzene rings is 2. The lowest BCUT2D eigenvalue weighted by molar-refractivity contribution is 0.239. The number of rotatable bonds is 6. The number of para-hydroxylation sites is 1. The molecular formula is C20H23ClN2O3S. The summed E-state index contributed by atoms with van der Waals surface area (Å²) in [7, 11) is -3.66. The molecule has 0 saturated carbocycles. The van der Waals surface area contributed by atoms with Gasteiger partial charge in [0.2, 0.25) is 0 Å². The second kappa shape index (κ2) is 8.33. The van der Waals surface area contributed by atoms with E-state index in [9.17, 15) is 8.42 Å². The zero-order valence-electron chi connectivity index (χ0n) is 15.0. The molecule has 1 saturated heterocycles. The Kier molecular flexibility index (Phi) is 6.09. The van der Waals surface area contributed by atoms with Crippen LogP contribution in [0.25, 0.3) is 10.9 Å². The Morgan fingerprint density at radius 1 is 0.926 bits per heavy atom. The summed E-state index contributed by atoms with van der Waals surface area (Å²) in [5.41, 5.74) is 0.595. The van der Waals surface area contributed by atoms with Crippen LogP contribution < -0.4 is 4.74 Å². The van der Waals surface area contributed by atoms with Crippen molar-refractivity contribution in [1.29, 1.82) is 0 Å². The maximum absolute atomic E-state index is 13.0. The number of fused-ring (bicyclic) bond motifs is 1. The summed E-state index contributed by atoms with van der Waals surface area (Å²) in [6.45, 7) is 3.65. The van der Waals surface area contributed by atoms with E-state index in [4.69, 9.17) is 4.74 Å². The van der Waals surface area contributed by atoms with Crippen molar-refractivity contribution in [2.24, 2.45) is 0 Å². The molecule has 0 spiro atoms. The van der Waals surface area contributed by atoms with Crippen LogP contribution in [-0.4, -0.2) is 43.5 Å². The summed E-state index contributed by atoms with van der Waals surface area (Å²) >= 11 is 0. The minimum Gasteiger partial charge on any atom is -0.490 e. The molecule has 27 heavy (non-hydrogen) atoms. The molecule has 3 aromatic rings. The smallest absolute Gasteiger partial charge is 0.268 e. The number of hydrogen-bond donors (Lipinski definition) is 0. The summed E-state index contributed by atoms with van der Waals surface area (Å²) in [5.74, 6) is 0.603. The predicted molar refractivity (Wildman–Crippen MR) is 109 cm³/mol. The van der Waals surface area contributed by atoms with E-state index in [-0.39, 0.29) is 17.3 Å². The molecule has 5 nitrogen and oxygen atoms in total. The van der Waals surface area contributed by atoms with Gasteiger partial charge in [-0.3, -0.25) is 4.90 Å². The van der Waals surface area contributed by atoms with Gasteiger partial charge in [-0.05, 0) is 50.2 Å². The first-order valence-corrected chi connectivity index (χ1v) is 10.4. The van der Waals surface area contributed by atoms with Gasteiger partial charge in [0.25, 0.3) is 10.0 Å². The zero-order valence-corrected chi connectivity index (χ0v) is 16.6. The first-order chi connectivity index (χ1) is 12.7. The monoisotopic (exact) mass is 406 g/mol. The van der Waals surface area contributed by atoms with Crippen LogP contribution in [0.15, 0.2) is 65.7 Å². The fraction of sp³-hybridized carbons (Fsp3) is 0.300. The number of nitrogens with zero attached hydrogens (tertiary/aromatic N) is 2. The van der Waals surface area contributed by atoms with Crippen LogP contribution in [0.3, 0.4) is 0 Å². The van der Waals surface area contributed by atoms with E-state index in [0.717, 1.165) is 25.0 Å². The molecule has 1 aliphatic heterocycles. The van der Waals surface area contributed by atoms with E-state index in [2.05, 4.69) is 4.90 Å². The van der Waals surface area contributed by atoms with Crippen molar-refractivity contribution in [2.45, 2.75) is 17.7 Å². The van der Waals surface area contributed by atoms with Gasteiger partial charge >= 0.3 is 0 Å². The number of aromatic nitrogens is 1. The lowest BCUT2D eigenvalue weighted by atomic mass is 10.2. The molecule has 144 valence electrons. The normalized spacial score (nSPS) is 15.0. The molecule has 1 fully saturated rings. The van der Waals surface area contributed by atoms with E-state index >= 15 is 0 Å². The lowest BCUT2D eigenvalue weighted by Gasteiger charge is -2.16. The molecule has 1 aromatic heterocycles. The van der Waals surface area contributed by atoms with Gasteiger partial charge in [0, 0.05) is 18.1 Å². The van der Waals surface area contributed by atoms with Gasteiger partial charge < -0.3 is 4.74 Å². The van der Waals surface area contributed by atoms with E-state index in [1.165, 1.54) is 16.8 Å². The van der Waals surface area contributed by atoms with Crippen molar-refractivity contribution in [3.8, 4) is 5.75 Å². The molecule has 0 aliphatic carbocycles. The maximum Gasteiger partial charge on any atom is 0.268 e. The van der Waals surface area contributed by atoms with Gasteiger partial charge in [-0.25, -0.2) is 12.4 Å². The Balaban J connectivity index is 0.00000210. The molecule has 4 rings (SSSR count). The highest BCUT2D eigenvalue weighted by molar-refractivity contribution is 7.90. The van der Waals surface area contributed by atoms with Crippen molar-refractivity contribution in [3.05, 3.63) is 60.8 Å². The van der Waals surface area contributed by atoms with Gasteiger partial charge in [0.1, 0.15) is 17.9 Å². The van der Waals surface area contributed by atoms with Crippen LogP contribution in [0.4, 0.5) is 0 Å². The van der Waals surface area contributed by atoms with Crippen molar-refractivity contribution in [1.82, 2.24) is 8.87 Å². The van der Waals surface area contributed by atoms with Crippen LogP contribution in [0.5, 0.6) is 5.75 Å². The fourth-order valence-electron chi connectivity index (χ4n) is 3.45. The number of halogens is 1. The van der Waals surface area contributed by atoms with E-state index in [1.807, 2.05) is 24.3 Å². The Bertz CT molecular complexity index is 996. The van der Waals surface area contributed by atoms with Crippen molar-refractivity contribution >= 4 is 33.3 Å². The van der Waals surface area contributed by atoms with Gasteiger partial charge in [-0.15, -0.1) is 12.4 Å². The third kappa shape index (κ3) is 3.98. The average molecular weight is 407 g/mol. The first-order valence-electron chi connectivity index (χ1n) is 8.92. The van der Waals surface area contributed by atoms with Gasteiger partial charge in [-0.2, -0.15) is 0 Å². The van der Waals surface area contributed by atoms with Crippen LogP contribution in [0, 0.1) is 0 Å². The molecule has 1 aliphatic rings. The lowest BCUT2D eigenvalue weighted by Crippen LogP contribution is -2.25. The summed E-state index contributed by atoms with van der Waals surface area (Å²) in [6.07, 6.45) is 4.09. The topological polar surface area (TPSA) is 51.5 Å². The number of likely N-dealkylation sites (tertiary alicyclic amines) is 1. The highest BCUT2D eigenvalue weighted by atomic mass is 35.5. The second-order valence-corrected chi connectivity index (χ2v) is 8.34. The highest BCUT2D eigenvalue weighted by Gasteiger charge is 2.21. The van der Waals surface area contributed by atoms with E-state index < -0.39 is 10.0 Å². The third-order valence-corrected chi connectivity index (χ3v) is 6.49. The van der Waals surface area contributed by atoms with Crippen LogP contribution in [0.1, 0.15) is 12.8 Å². The largest absolute Gasteiger partial charge is 0.490 e. The standard InChI is InChI=1S/C20H22N2O3S.ClH/c23-26(24,18-8-2-1-3-9-18)22-14-11-17-7-6-10-19(20(17)22)25-16-15-21-12-4-5-13-21;/h1-3,6-11,14H,4-5,12-13,15-16H2;1H. The minimum absolute atomic E-state index is 0. The minimum atomic E-state index is -3.66. The van der Waals surface area contributed by atoms with Crippen LogP contribution >= 0.6 is 12.4 Å². The summed E-state index contributed by atoms with van der Waals surface area (Å²) in [4.78, 5) is 2.64. The highest BCUT2D eigenvalue weighted by Crippen LogP contribution is 2.30. The molecule has 2 heterocycles. The van der Waals surface area contributed by atoms with E-state index in [0.29, 0.717) is 17.9 Å². The third-order valence-electron chi connectivity index (χ3n) is 4.80. The van der Waals surface area contributed by atoms with Gasteiger partial charge in [0.15, 0.2) is 0 Å². The SMILES string of the molecule is Cl.O=S(=O)(c1ccccc1)n1ccc2cccc(OCCN3CCCC3)c21. The Morgan fingerprint density at radius 3 is 2.41 bits per heavy atom. The Labute approximate surface area is 166 Å². The zero-order chi connectivity index (χ0) is 18.0. The van der Waals surface area contributed by atoms with Crippen LogP contribution in [0.2, 0.25) is 0 Å². The molecule has 0 radical (unpaired) electrons. The molecule has 2 aromatic carbocycles. The second-order valence-electron chi connectivity index (χ2n) is 6.52. The predicted octanol–water partition coefficient (Wildman–Crippen LogP) is 3.77. The molecule has 0 amide bonds. The van der Waals surface area contributed by atoms with Gasteiger partial charge in [-0.1, -0.05) is 30.3 Å². The Morgan fingerprint density at radius 2 is 1.67 bits per heavy atom. The first kappa shape index (κ1) is 19.7. The summed E-state index contributed by atoms with van der Waals surface area (Å²) in [6, 6.07) is 15.9. The number of hydrogen-bond acceptors (Lipinski definition) is 4.